The molecule has 0 unspecified atom stereocenters. The number of carbonyl (C=O) groups excluding carboxylic acids is 1. The molecule has 4 saturated carbocycles. The summed E-state index contributed by atoms with van der Waals surface area (Å²) in [6.45, 7) is 7.01. The van der Waals surface area contributed by atoms with Crippen LogP contribution in [0.1, 0.15) is 89.0 Å². The second kappa shape index (κ2) is 6.64. The zero-order chi connectivity index (χ0) is 20.4. The summed E-state index contributed by atoms with van der Waals surface area (Å²) >= 11 is 0. The van der Waals surface area contributed by atoms with Crippen LogP contribution in [-0.2, 0) is 0 Å². The maximum Gasteiger partial charge on any atom is 0.184 e. The number of hydrogen-bond acceptors (Lipinski definition) is 3. The molecule has 0 saturated heterocycles. The number of hydrogen-bond donors (Lipinski definition) is 1. The highest BCUT2D eigenvalue weighted by Gasteiger charge is 2.61. The molecule has 29 heavy (non-hydrogen) atoms. The maximum atomic E-state index is 13.3. The Morgan fingerprint density at radius 1 is 0.966 bits per heavy atom. The number of Topliss-reactive ketones (excluding diaryl/α,β-unsaturated/α-hetero) is 1. The smallest absolute Gasteiger partial charge is 0.184 e. The number of carbonyl (C=O) groups is 1. The molecule has 0 bridgehead atoms. The average Bonchev–Trinajstić information content (AvgIpc) is 3.06. The van der Waals surface area contributed by atoms with E-state index in [1.807, 2.05) is 25.1 Å². The van der Waals surface area contributed by atoms with Gasteiger partial charge in [0.2, 0.25) is 0 Å². The molecule has 5 rings (SSSR count). The van der Waals surface area contributed by atoms with Gasteiger partial charge in [-0.15, -0.1) is 0 Å². The third kappa shape index (κ3) is 2.94. The predicted octanol–water partition coefficient (Wildman–Crippen LogP) is 5.67. The minimum Gasteiger partial charge on any atom is -0.390 e. The first-order valence-corrected chi connectivity index (χ1v) is 11.9. The lowest BCUT2D eigenvalue weighted by molar-refractivity contribution is -0.144. The highest BCUT2D eigenvalue weighted by Crippen LogP contribution is 2.68. The zero-order valence-corrected chi connectivity index (χ0v) is 18.4. The summed E-state index contributed by atoms with van der Waals surface area (Å²) in [4.78, 5) is 17.7. The van der Waals surface area contributed by atoms with Crippen molar-refractivity contribution in [2.24, 2.45) is 40.4 Å². The Hall–Kier alpha value is -1.22. The van der Waals surface area contributed by atoms with Crippen molar-refractivity contribution in [3.8, 4) is 0 Å². The average molecular weight is 396 g/mol. The van der Waals surface area contributed by atoms with Gasteiger partial charge in [-0.2, -0.15) is 0 Å². The Bertz CT molecular complexity index is 789. The van der Waals surface area contributed by atoms with E-state index in [1.54, 1.807) is 6.20 Å². The Balaban J connectivity index is 1.40. The van der Waals surface area contributed by atoms with Crippen molar-refractivity contribution in [1.29, 1.82) is 0 Å². The Kier molecular flexibility index (Phi) is 4.52. The van der Waals surface area contributed by atoms with Crippen LogP contribution in [0.2, 0.25) is 0 Å². The molecule has 0 aromatic carbocycles. The Morgan fingerprint density at radius 3 is 2.52 bits per heavy atom. The fourth-order valence-corrected chi connectivity index (χ4v) is 8.55. The van der Waals surface area contributed by atoms with E-state index in [-0.39, 0.29) is 17.1 Å². The van der Waals surface area contributed by atoms with Crippen LogP contribution in [-0.4, -0.2) is 21.5 Å². The predicted molar refractivity (Wildman–Crippen MR) is 114 cm³/mol. The van der Waals surface area contributed by atoms with Gasteiger partial charge in [-0.3, -0.25) is 9.78 Å². The van der Waals surface area contributed by atoms with Gasteiger partial charge in [0.05, 0.1) is 5.60 Å². The van der Waals surface area contributed by atoms with Crippen molar-refractivity contribution in [3.05, 3.63) is 30.1 Å². The van der Waals surface area contributed by atoms with E-state index < -0.39 is 5.60 Å². The monoisotopic (exact) mass is 395 g/mol. The lowest BCUT2D eigenvalue weighted by Gasteiger charge is -2.61. The molecule has 1 N–H and O–H groups in total. The first kappa shape index (κ1) is 19.7. The minimum atomic E-state index is -0.465. The molecule has 3 heteroatoms. The van der Waals surface area contributed by atoms with Crippen LogP contribution in [0.25, 0.3) is 0 Å². The van der Waals surface area contributed by atoms with Crippen LogP contribution in [0.15, 0.2) is 24.4 Å². The number of rotatable bonds is 2. The second-order valence-electron chi connectivity index (χ2n) is 11.6. The molecule has 8 atom stereocenters. The number of aromatic nitrogens is 1. The molecule has 0 radical (unpaired) electrons. The topological polar surface area (TPSA) is 50.2 Å². The largest absolute Gasteiger partial charge is 0.390 e. The molecule has 1 aromatic heterocycles. The minimum absolute atomic E-state index is 0.138. The molecule has 4 aliphatic rings. The lowest BCUT2D eigenvalue weighted by Crippen LogP contribution is -2.55. The molecule has 0 aliphatic heterocycles. The van der Waals surface area contributed by atoms with Crippen LogP contribution in [0.4, 0.5) is 0 Å². The normalized spacial score (nSPS) is 49.0. The summed E-state index contributed by atoms with van der Waals surface area (Å²) in [6, 6.07) is 5.72. The zero-order valence-electron chi connectivity index (χ0n) is 18.4. The second-order valence-corrected chi connectivity index (χ2v) is 11.6. The van der Waals surface area contributed by atoms with Crippen molar-refractivity contribution in [1.82, 2.24) is 4.98 Å². The summed E-state index contributed by atoms with van der Waals surface area (Å²) in [7, 11) is 0. The van der Waals surface area contributed by atoms with Gasteiger partial charge in [0.15, 0.2) is 5.78 Å². The van der Waals surface area contributed by atoms with Gasteiger partial charge in [0, 0.05) is 12.1 Å². The van der Waals surface area contributed by atoms with Crippen molar-refractivity contribution in [2.75, 3.05) is 0 Å². The van der Waals surface area contributed by atoms with E-state index in [0.717, 1.165) is 31.1 Å². The van der Waals surface area contributed by atoms with Gasteiger partial charge in [-0.25, -0.2) is 0 Å². The molecular formula is C26H37NO2. The van der Waals surface area contributed by atoms with Gasteiger partial charge < -0.3 is 5.11 Å². The quantitative estimate of drug-likeness (QED) is 0.656. The summed E-state index contributed by atoms with van der Waals surface area (Å²) < 4.78 is 0. The summed E-state index contributed by atoms with van der Waals surface area (Å²) in [5.74, 6) is 3.31. The van der Waals surface area contributed by atoms with E-state index in [2.05, 4.69) is 18.8 Å². The number of aliphatic hydroxyl groups is 1. The first-order valence-electron chi connectivity index (χ1n) is 11.9. The van der Waals surface area contributed by atoms with Crippen LogP contribution in [0.5, 0.6) is 0 Å². The standard InChI is InChI=1S/C26H37NO2/c1-24(29)13-14-25(2)17(16-24)7-8-18-19-9-10-21(26(19,3)12-11-20(18)25)23(28)22-6-4-5-15-27-22/h4-6,15,17-21,29H,7-14,16H2,1-3H3/t17-,18-,19-,20-,21+,24+,25-,26-/m0/s1. The summed E-state index contributed by atoms with van der Waals surface area (Å²) in [5, 5.41) is 10.7. The SMILES string of the molecule is C[C@@]1(O)CC[C@@]2(C)[C@@H](CC[C@@H]3[C@@H]2CC[C@]2(C)[C@@H](C(=O)c4ccccn4)CC[C@@H]32)C1. The van der Waals surface area contributed by atoms with Crippen molar-refractivity contribution in [2.45, 2.75) is 84.2 Å². The fraction of sp³-hybridized carbons (Fsp3) is 0.769. The van der Waals surface area contributed by atoms with E-state index in [0.29, 0.717) is 22.9 Å². The van der Waals surface area contributed by atoms with Crippen LogP contribution in [0, 0.1) is 40.4 Å². The number of ketones is 1. The van der Waals surface area contributed by atoms with E-state index >= 15 is 0 Å². The number of pyridine rings is 1. The first-order chi connectivity index (χ1) is 13.7. The van der Waals surface area contributed by atoms with Crippen LogP contribution < -0.4 is 0 Å². The fourth-order valence-electron chi connectivity index (χ4n) is 8.55. The molecule has 0 spiro atoms. The summed E-state index contributed by atoms with van der Waals surface area (Å²) in [5.41, 5.74) is 0.717. The van der Waals surface area contributed by atoms with E-state index in [1.165, 1.54) is 38.5 Å². The third-order valence-electron chi connectivity index (χ3n) is 10.2. The Labute approximate surface area is 175 Å². The molecule has 3 nitrogen and oxygen atoms in total. The van der Waals surface area contributed by atoms with Crippen molar-refractivity contribution >= 4 is 5.78 Å². The molecule has 0 amide bonds. The number of nitrogens with zero attached hydrogens (tertiary/aromatic N) is 1. The highest BCUT2D eigenvalue weighted by molar-refractivity contribution is 5.96. The highest BCUT2D eigenvalue weighted by atomic mass is 16.3. The third-order valence-corrected chi connectivity index (χ3v) is 10.2. The summed E-state index contributed by atoms with van der Waals surface area (Å²) in [6.07, 6.45) is 12.1. The Morgan fingerprint density at radius 2 is 1.76 bits per heavy atom. The lowest BCUT2D eigenvalue weighted by atomic mass is 9.44. The van der Waals surface area contributed by atoms with Crippen LogP contribution in [0.3, 0.4) is 0 Å². The van der Waals surface area contributed by atoms with Gasteiger partial charge in [0.25, 0.3) is 0 Å². The number of fused-ring (bicyclic) bond motifs is 5. The van der Waals surface area contributed by atoms with Gasteiger partial charge in [-0.05, 0) is 111 Å². The molecule has 158 valence electrons. The van der Waals surface area contributed by atoms with E-state index in [9.17, 15) is 9.90 Å². The van der Waals surface area contributed by atoms with E-state index in [4.69, 9.17) is 0 Å². The van der Waals surface area contributed by atoms with Gasteiger partial charge >= 0.3 is 0 Å². The molecule has 4 fully saturated rings. The van der Waals surface area contributed by atoms with Gasteiger partial charge in [-0.1, -0.05) is 19.9 Å². The van der Waals surface area contributed by atoms with Crippen molar-refractivity contribution in [3.63, 3.8) is 0 Å². The molecule has 1 heterocycles. The molecule has 1 aromatic rings. The van der Waals surface area contributed by atoms with Crippen LogP contribution >= 0.6 is 0 Å². The van der Waals surface area contributed by atoms with Crippen molar-refractivity contribution < 1.29 is 9.90 Å². The maximum absolute atomic E-state index is 13.3. The molecular weight excluding hydrogens is 358 g/mol. The van der Waals surface area contributed by atoms with Gasteiger partial charge in [0.1, 0.15) is 5.69 Å². The molecule has 4 aliphatic carbocycles.